The molecule has 0 spiro atoms. The number of halogens is 2. The Labute approximate surface area is 135 Å². The van der Waals surface area contributed by atoms with Crippen molar-refractivity contribution in [3.63, 3.8) is 0 Å². The lowest BCUT2D eigenvalue weighted by Crippen LogP contribution is -2.48. The molecular formula is C13H17Cl2N5O. The van der Waals surface area contributed by atoms with Crippen LogP contribution in [-0.4, -0.2) is 40.1 Å². The van der Waals surface area contributed by atoms with E-state index in [-0.39, 0.29) is 30.7 Å². The average Bonchev–Trinajstić information content (AvgIpc) is 2.91. The second kappa shape index (κ2) is 7.97. The van der Waals surface area contributed by atoms with Crippen LogP contribution >= 0.6 is 24.8 Å². The smallest absolute Gasteiger partial charge is 0.252 e. The highest BCUT2D eigenvalue weighted by molar-refractivity contribution is 5.93. The lowest BCUT2D eigenvalue weighted by molar-refractivity contribution is 0.0942. The predicted octanol–water partition coefficient (Wildman–Crippen LogP) is 1.06. The Morgan fingerprint density at radius 2 is 2.19 bits per heavy atom. The summed E-state index contributed by atoms with van der Waals surface area (Å²) < 4.78 is 1.79. The molecule has 2 N–H and O–H groups in total. The minimum atomic E-state index is -0.0726. The van der Waals surface area contributed by atoms with Gasteiger partial charge >= 0.3 is 0 Å². The maximum Gasteiger partial charge on any atom is 0.252 e. The van der Waals surface area contributed by atoms with Crippen LogP contribution in [0.3, 0.4) is 0 Å². The summed E-state index contributed by atoms with van der Waals surface area (Å²) in [5, 5.41) is 6.09. The van der Waals surface area contributed by atoms with E-state index in [1.165, 1.54) is 0 Å². The molecule has 0 bridgehead atoms. The maximum atomic E-state index is 11.9. The summed E-state index contributed by atoms with van der Waals surface area (Å²) in [6, 6.07) is 3.58. The van der Waals surface area contributed by atoms with E-state index in [1.807, 2.05) is 12.3 Å². The number of imidazole rings is 1. The van der Waals surface area contributed by atoms with Gasteiger partial charge in [-0.3, -0.25) is 9.36 Å². The first-order chi connectivity index (χ1) is 9.33. The minimum Gasteiger partial charge on any atom is -0.352 e. The normalized spacial score (nSPS) is 13.5. The molecule has 0 radical (unpaired) electrons. The first-order valence-electron chi connectivity index (χ1n) is 6.26. The highest BCUT2D eigenvalue weighted by Gasteiger charge is 2.17. The Morgan fingerprint density at radius 3 is 2.71 bits per heavy atom. The van der Waals surface area contributed by atoms with E-state index >= 15 is 0 Å². The monoisotopic (exact) mass is 329 g/mol. The molecule has 1 aliphatic heterocycles. The standard InChI is InChI=1S/C13H15N5O.2ClH/c19-13(17-7-10-5-15-6-10)11-1-2-12(16-8-11)18-4-3-14-9-18;;/h1-4,8-10,15H,5-7H2,(H,17,19);2*1H. The van der Waals surface area contributed by atoms with Gasteiger partial charge in [-0.2, -0.15) is 0 Å². The topological polar surface area (TPSA) is 71.8 Å². The zero-order valence-corrected chi connectivity index (χ0v) is 12.9. The average molecular weight is 330 g/mol. The largest absolute Gasteiger partial charge is 0.352 e. The van der Waals surface area contributed by atoms with Crippen molar-refractivity contribution in [1.29, 1.82) is 0 Å². The molecule has 114 valence electrons. The molecule has 0 saturated carbocycles. The third-order valence-electron chi connectivity index (χ3n) is 3.20. The van der Waals surface area contributed by atoms with Gasteiger partial charge in [-0.05, 0) is 12.1 Å². The van der Waals surface area contributed by atoms with Crippen molar-refractivity contribution in [2.75, 3.05) is 19.6 Å². The van der Waals surface area contributed by atoms with Gasteiger partial charge in [0, 0.05) is 44.1 Å². The minimum absolute atomic E-state index is 0. The zero-order chi connectivity index (χ0) is 13.1. The van der Waals surface area contributed by atoms with Gasteiger partial charge in [-0.1, -0.05) is 0 Å². The van der Waals surface area contributed by atoms with Gasteiger partial charge in [0.15, 0.2) is 0 Å². The molecule has 0 atom stereocenters. The highest BCUT2D eigenvalue weighted by atomic mass is 35.5. The van der Waals surface area contributed by atoms with Crippen LogP contribution in [0.25, 0.3) is 5.82 Å². The van der Waals surface area contributed by atoms with Crippen molar-refractivity contribution >= 4 is 30.7 Å². The van der Waals surface area contributed by atoms with Crippen molar-refractivity contribution < 1.29 is 4.79 Å². The summed E-state index contributed by atoms with van der Waals surface area (Å²) in [6.07, 6.45) is 6.76. The molecule has 1 saturated heterocycles. The number of hydrogen-bond acceptors (Lipinski definition) is 4. The van der Waals surface area contributed by atoms with E-state index in [0.717, 1.165) is 25.5 Å². The molecule has 6 nitrogen and oxygen atoms in total. The molecule has 3 heterocycles. The zero-order valence-electron chi connectivity index (χ0n) is 11.2. The summed E-state index contributed by atoms with van der Waals surface area (Å²) in [5.41, 5.74) is 0.580. The second-order valence-electron chi connectivity index (χ2n) is 4.61. The summed E-state index contributed by atoms with van der Waals surface area (Å²) in [4.78, 5) is 20.1. The van der Waals surface area contributed by atoms with E-state index in [0.29, 0.717) is 11.5 Å². The Kier molecular flexibility index (Phi) is 6.61. The van der Waals surface area contributed by atoms with Gasteiger partial charge in [0.05, 0.1) is 5.56 Å². The molecule has 2 aromatic heterocycles. The Bertz CT molecular complexity index is 554. The van der Waals surface area contributed by atoms with Gasteiger partial charge in [-0.25, -0.2) is 9.97 Å². The van der Waals surface area contributed by atoms with E-state index in [9.17, 15) is 4.79 Å². The number of rotatable bonds is 4. The summed E-state index contributed by atoms with van der Waals surface area (Å²) in [7, 11) is 0. The van der Waals surface area contributed by atoms with Gasteiger partial charge in [0.25, 0.3) is 5.91 Å². The van der Waals surface area contributed by atoms with Gasteiger partial charge < -0.3 is 10.6 Å². The summed E-state index contributed by atoms with van der Waals surface area (Å²) in [6.45, 7) is 2.69. The first-order valence-corrected chi connectivity index (χ1v) is 6.26. The number of nitrogens with one attached hydrogen (secondary N) is 2. The fourth-order valence-corrected chi connectivity index (χ4v) is 1.90. The molecule has 1 fully saturated rings. The number of hydrogen-bond donors (Lipinski definition) is 2. The molecule has 21 heavy (non-hydrogen) atoms. The summed E-state index contributed by atoms with van der Waals surface area (Å²) in [5.74, 6) is 1.23. The molecular weight excluding hydrogens is 313 g/mol. The van der Waals surface area contributed by atoms with Crippen molar-refractivity contribution in [1.82, 2.24) is 25.2 Å². The van der Waals surface area contributed by atoms with Crippen LogP contribution in [0.1, 0.15) is 10.4 Å². The fraction of sp³-hybridized carbons (Fsp3) is 0.308. The molecule has 0 aliphatic carbocycles. The van der Waals surface area contributed by atoms with E-state index < -0.39 is 0 Å². The van der Waals surface area contributed by atoms with Gasteiger partial charge in [0.2, 0.25) is 0 Å². The molecule has 0 unspecified atom stereocenters. The summed E-state index contributed by atoms with van der Waals surface area (Å²) >= 11 is 0. The van der Waals surface area contributed by atoms with Crippen LogP contribution in [0.4, 0.5) is 0 Å². The molecule has 8 heteroatoms. The SMILES string of the molecule is Cl.Cl.O=C(NCC1CNC1)c1ccc(-n2ccnc2)nc1. The fourth-order valence-electron chi connectivity index (χ4n) is 1.90. The first kappa shape index (κ1) is 17.4. The molecule has 3 rings (SSSR count). The second-order valence-corrected chi connectivity index (χ2v) is 4.61. The van der Waals surface area contributed by atoms with Gasteiger partial charge in [-0.15, -0.1) is 24.8 Å². The third-order valence-corrected chi connectivity index (χ3v) is 3.20. The van der Waals surface area contributed by atoms with Crippen molar-refractivity contribution in [2.24, 2.45) is 5.92 Å². The molecule has 0 aromatic carbocycles. The van der Waals surface area contributed by atoms with Crippen LogP contribution in [0.2, 0.25) is 0 Å². The van der Waals surface area contributed by atoms with Crippen LogP contribution in [0, 0.1) is 5.92 Å². The van der Waals surface area contributed by atoms with Crippen LogP contribution in [0.5, 0.6) is 0 Å². The van der Waals surface area contributed by atoms with E-state index in [4.69, 9.17) is 0 Å². The highest BCUT2D eigenvalue weighted by Crippen LogP contribution is 2.06. The number of amides is 1. The Morgan fingerprint density at radius 1 is 1.38 bits per heavy atom. The quantitative estimate of drug-likeness (QED) is 0.879. The van der Waals surface area contributed by atoms with Crippen LogP contribution in [0.15, 0.2) is 37.1 Å². The Balaban J connectivity index is 0.00000110. The van der Waals surface area contributed by atoms with Crippen molar-refractivity contribution in [3.8, 4) is 5.82 Å². The maximum absolute atomic E-state index is 11.9. The van der Waals surface area contributed by atoms with E-state index in [1.54, 1.807) is 29.4 Å². The predicted molar refractivity (Wildman–Crippen MR) is 84.5 cm³/mol. The molecule has 1 aliphatic rings. The van der Waals surface area contributed by atoms with Crippen LogP contribution in [-0.2, 0) is 0 Å². The molecule has 2 aromatic rings. The lowest BCUT2D eigenvalue weighted by Gasteiger charge is -2.27. The van der Waals surface area contributed by atoms with Crippen molar-refractivity contribution in [2.45, 2.75) is 0 Å². The van der Waals surface area contributed by atoms with Crippen LogP contribution < -0.4 is 10.6 Å². The molecule has 1 amide bonds. The lowest BCUT2D eigenvalue weighted by atomic mass is 10.0. The van der Waals surface area contributed by atoms with Gasteiger partial charge in [0.1, 0.15) is 12.1 Å². The third kappa shape index (κ3) is 4.17. The number of carbonyl (C=O) groups is 1. The Hall–Kier alpha value is -1.63. The number of pyridine rings is 1. The van der Waals surface area contributed by atoms with E-state index in [2.05, 4.69) is 20.6 Å². The van der Waals surface area contributed by atoms with Crippen molar-refractivity contribution in [3.05, 3.63) is 42.6 Å². The number of nitrogens with zero attached hydrogens (tertiary/aromatic N) is 3. The number of carbonyl (C=O) groups excluding carboxylic acids is 1. The number of aromatic nitrogens is 3.